The molecular formula is C32H35N5O2S. The van der Waals surface area contributed by atoms with Crippen molar-refractivity contribution in [2.45, 2.75) is 58.8 Å². The molecule has 2 heterocycles. The topological polar surface area (TPSA) is 81.1 Å². The molecule has 0 bridgehead atoms. The maximum Gasteiger partial charge on any atom is 0.255 e. The smallest absolute Gasteiger partial charge is 0.255 e. The Morgan fingerprint density at radius 1 is 1.00 bits per heavy atom. The van der Waals surface area contributed by atoms with Gasteiger partial charge in [-0.15, -0.1) is 5.10 Å². The van der Waals surface area contributed by atoms with E-state index < -0.39 is 6.04 Å². The lowest BCUT2D eigenvalue weighted by atomic mass is 9.94. The number of rotatable bonds is 9. The third kappa shape index (κ3) is 5.77. The summed E-state index contributed by atoms with van der Waals surface area (Å²) in [5.41, 5.74) is 7.59. The van der Waals surface area contributed by atoms with E-state index in [1.165, 1.54) is 5.56 Å². The summed E-state index contributed by atoms with van der Waals surface area (Å²) in [7, 11) is 0. The predicted molar refractivity (Wildman–Crippen MR) is 162 cm³/mol. The first-order valence-electron chi connectivity index (χ1n) is 13.6. The fourth-order valence-corrected chi connectivity index (χ4v) is 5.43. The molecule has 7 nitrogen and oxygen atoms in total. The maximum atomic E-state index is 13.9. The first-order valence-corrected chi connectivity index (χ1v) is 14.6. The van der Waals surface area contributed by atoms with Crippen LogP contribution in [0.2, 0.25) is 0 Å². The first-order chi connectivity index (χ1) is 19.4. The number of fused-ring (bicyclic) bond motifs is 1. The van der Waals surface area contributed by atoms with Crippen LogP contribution in [0.4, 0.5) is 11.6 Å². The van der Waals surface area contributed by atoms with Gasteiger partial charge in [0.25, 0.3) is 5.91 Å². The number of ether oxygens (including phenoxy) is 1. The van der Waals surface area contributed by atoms with Crippen LogP contribution in [-0.4, -0.2) is 26.4 Å². The highest BCUT2D eigenvalue weighted by molar-refractivity contribution is 7.99. The number of amides is 1. The summed E-state index contributed by atoms with van der Waals surface area (Å²) >= 11 is 1.61. The van der Waals surface area contributed by atoms with Crippen molar-refractivity contribution < 1.29 is 9.53 Å². The van der Waals surface area contributed by atoms with E-state index in [2.05, 4.69) is 36.6 Å². The van der Waals surface area contributed by atoms with Gasteiger partial charge in [-0.05, 0) is 80.1 Å². The number of allylic oxidation sites excluding steroid dienone is 1. The number of anilines is 2. The minimum atomic E-state index is -0.449. The van der Waals surface area contributed by atoms with Crippen molar-refractivity contribution in [2.24, 2.45) is 0 Å². The number of thioether (sulfide) groups is 1. The van der Waals surface area contributed by atoms with Crippen LogP contribution in [0, 0.1) is 20.8 Å². The molecule has 1 aliphatic rings. The van der Waals surface area contributed by atoms with Gasteiger partial charge in [0.05, 0.1) is 5.57 Å². The fourth-order valence-electron chi connectivity index (χ4n) is 4.74. The molecule has 0 aliphatic carbocycles. The van der Waals surface area contributed by atoms with Crippen LogP contribution in [0.25, 0.3) is 0 Å². The highest BCUT2D eigenvalue weighted by atomic mass is 32.2. The molecule has 8 heteroatoms. The number of aromatic nitrogens is 3. The Hall–Kier alpha value is -4.04. The van der Waals surface area contributed by atoms with E-state index >= 15 is 0 Å². The molecule has 1 atom stereocenters. The highest BCUT2D eigenvalue weighted by Crippen LogP contribution is 2.37. The number of benzene rings is 3. The zero-order valence-electron chi connectivity index (χ0n) is 23.6. The van der Waals surface area contributed by atoms with Gasteiger partial charge in [-0.2, -0.15) is 4.98 Å². The number of carbonyl (C=O) groups excluding carboxylic acids is 1. The lowest BCUT2D eigenvalue weighted by Crippen LogP contribution is -2.31. The van der Waals surface area contributed by atoms with Crippen molar-refractivity contribution in [1.82, 2.24) is 14.8 Å². The van der Waals surface area contributed by atoms with Gasteiger partial charge >= 0.3 is 0 Å². The molecule has 4 aromatic rings. The van der Waals surface area contributed by atoms with Crippen LogP contribution in [0.1, 0.15) is 54.1 Å². The molecule has 40 heavy (non-hydrogen) atoms. The molecule has 0 saturated carbocycles. The van der Waals surface area contributed by atoms with E-state index in [-0.39, 0.29) is 5.91 Å². The van der Waals surface area contributed by atoms with Crippen molar-refractivity contribution in [3.8, 4) is 5.75 Å². The normalized spacial score (nSPS) is 14.5. The molecule has 5 rings (SSSR count). The summed E-state index contributed by atoms with van der Waals surface area (Å²) in [5, 5.41) is 12.0. The van der Waals surface area contributed by atoms with Crippen LogP contribution in [-0.2, 0) is 11.4 Å². The van der Waals surface area contributed by atoms with Crippen molar-refractivity contribution in [3.63, 3.8) is 0 Å². The monoisotopic (exact) mass is 553 g/mol. The molecule has 206 valence electrons. The maximum absolute atomic E-state index is 13.9. The Labute approximate surface area is 240 Å². The quantitative estimate of drug-likeness (QED) is 0.213. The van der Waals surface area contributed by atoms with Gasteiger partial charge in [0, 0.05) is 17.1 Å². The second-order valence-corrected chi connectivity index (χ2v) is 11.1. The Bertz CT molecular complexity index is 1560. The van der Waals surface area contributed by atoms with E-state index in [0.29, 0.717) is 23.3 Å². The Kier molecular flexibility index (Phi) is 8.26. The summed E-state index contributed by atoms with van der Waals surface area (Å²) in [6.07, 6.45) is 1.02. The van der Waals surface area contributed by atoms with E-state index in [9.17, 15) is 4.79 Å². The minimum Gasteiger partial charge on any atom is -0.489 e. The van der Waals surface area contributed by atoms with Crippen LogP contribution in [0.3, 0.4) is 0 Å². The summed E-state index contributed by atoms with van der Waals surface area (Å²) in [6.45, 7) is 10.7. The molecule has 0 fully saturated rings. The largest absolute Gasteiger partial charge is 0.489 e. The van der Waals surface area contributed by atoms with Crippen molar-refractivity contribution in [3.05, 3.63) is 106 Å². The summed E-state index contributed by atoms with van der Waals surface area (Å²) in [5.74, 6) is 2.14. The van der Waals surface area contributed by atoms with Crippen molar-refractivity contribution >= 4 is 29.3 Å². The highest BCUT2D eigenvalue weighted by Gasteiger charge is 2.34. The molecule has 1 aliphatic heterocycles. The number of carbonyl (C=O) groups is 1. The van der Waals surface area contributed by atoms with Gasteiger partial charge in [0.2, 0.25) is 11.1 Å². The zero-order valence-corrected chi connectivity index (χ0v) is 24.4. The molecular weight excluding hydrogens is 518 g/mol. The van der Waals surface area contributed by atoms with Gasteiger partial charge in [-0.3, -0.25) is 4.79 Å². The molecule has 0 saturated heterocycles. The van der Waals surface area contributed by atoms with E-state index in [4.69, 9.17) is 14.8 Å². The standard InChI is InChI=1S/C32H35N5O2S/c1-6-18-40-32-35-31-33-23(5)28(30(38)34-27-13-9-11-20(2)22(27)4)29(37(31)36-32)24-14-16-26(17-15-24)39-19-25-12-8-7-10-21(25)3/h7-17,29H,6,18-19H2,1-5H3,(H,34,38)(H,33,35,36). The second kappa shape index (κ2) is 12.0. The second-order valence-electron chi connectivity index (χ2n) is 10.1. The van der Waals surface area contributed by atoms with Crippen LogP contribution >= 0.6 is 11.8 Å². The number of hydrogen-bond acceptors (Lipinski definition) is 6. The minimum absolute atomic E-state index is 0.174. The van der Waals surface area contributed by atoms with E-state index in [1.807, 2.05) is 80.1 Å². The summed E-state index contributed by atoms with van der Waals surface area (Å²) < 4.78 is 7.92. The van der Waals surface area contributed by atoms with Gasteiger partial charge in [-0.1, -0.05) is 67.2 Å². The predicted octanol–water partition coefficient (Wildman–Crippen LogP) is 7.21. The summed E-state index contributed by atoms with van der Waals surface area (Å²) in [4.78, 5) is 18.6. The Balaban J connectivity index is 1.47. The molecule has 1 aromatic heterocycles. The molecule has 1 unspecified atom stereocenters. The molecule has 1 amide bonds. The third-order valence-corrected chi connectivity index (χ3v) is 8.26. The van der Waals surface area contributed by atoms with Crippen LogP contribution in [0.15, 0.2) is 83.2 Å². The van der Waals surface area contributed by atoms with Gasteiger partial charge in [0.1, 0.15) is 18.4 Å². The number of nitrogens with one attached hydrogen (secondary N) is 2. The van der Waals surface area contributed by atoms with E-state index in [0.717, 1.165) is 51.6 Å². The number of hydrogen-bond donors (Lipinski definition) is 2. The number of nitrogens with zero attached hydrogens (tertiary/aromatic N) is 3. The lowest BCUT2D eigenvalue weighted by Gasteiger charge is -2.29. The lowest BCUT2D eigenvalue weighted by molar-refractivity contribution is -0.113. The first kappa shape index (κ1) is 27.5. The molecule has 0 spiro atoms. The van der Waals surface area contributed by atoms with Gasteiger partial charge < -0.3 is 15.4 Å². The fraction of sp³-hybridized carbons (Fsp3) is 0.281. The molecule has 2 N–H and O–H groups in total. The third-order valence-electron chi connectivity index (χ3n) is 7.22. The van der Waals surface area contributed by atoms with E-state index in [1.54, 1.807) is 11.8 Å². The molecule has 3 aromatic carbocycles. The van der Waals surface area contributed by atoms with Crippen molar-refractivity contribution in [1.29, 1.82) is 0 Å². The Morgan fingerprint density at radius 3 is 2.50 bits per heavy atom. The zero-order chi connectivity index (χ0) is 28.2. The number of aryl methyl sites for hydroxylation is 2. The van der Waals surface area contributed by atoms with Gasteiger partial charge in [0.15, 0.2) is 0 Å². The molecule has 0 radical (unpaired) electrons. The van der Waals surface area contributed by atoms with Crippen LogP contribution < -0.4 is 15.4 Å². The SMILES string of the molecule is CCCSc1nc2n(n1)C(c1ccc(OCc3ccccc3C)cc1)C(C(=O)Nc1cccc(C)c1C)=C(C)N2. The van der Waals surface area contributed by atoms with Crippen LogP contribution in [0.5, 0.6) is 5.75 Å². The van der Waals surface area contributed by atoms with Crippen molar-refractivity contribution in [2.75, 3.05) is 16.4 Å². The average molecular weight is 554 g/mol. The average Bonchev–Trinajstić information content (AvgIpc) is 3.35. The summed E-state index contributed by atoms with van der Waals surface area (Å²) in [6, 6.07) is 21.6. The Morgan fingerprint density at radius 2 is 1.75 bits per heavy atom. The van der Waals surface area contributed by atoms with Gasteiger partial charge in [-0.25, -0.2) is 4.68 Å².